The monoisotopic (exact) mass is 138 g/mol. The van der Waals surface area contributed by atoms with E-state index in [1.165, 1.54) is 0 Å². The predicted molar refractivity (Wildman–Crippen MR) is 38.0 cm³/mol. The minimum Gasteiger partial charge on any atom is -0.306 e. The number of carbonyl (C=O) groups is 1. The van der Waals surface area contributed by atoms with Crippen LogP contribution in [0, 0.1) is 5.92 Å². The maximum atomic E-state index is 11.0. The van der Waals surface area contributed by atoms with E-state index in [9.17, 15) is 4.79 Å². The van der Waals surface area contributed by atoms with Crippen LogP contribution in [0.1, 0.15) is 12.8 Å². The van der Waals surface area contributed by atoms with Crippen molar-refractivity contribution in [3.8, 4) is 0 Å². The normalized spacial score (nSPS) is 38.2. The standard InChI is InChI=1S/C7H10N2O/c10-7-6-5(1-3-8-6)2-4-9-7/h4-6,8H,1-3H2. The van der Waals surface area contributed by atoms with Crippen LogP contribution in [0.3, 0.4) is 0 Å². The Kier molecular flexibility index (Phi) is 1.31. The van der Waals surface area contributed by atoms with E-state index in [4.69, 9.17) is 0 Å². The lowest BCUT2D eigenvalue weighted by Crippen LogP contribution is -2.37. The van der Waals surface area contributed by atoms with Gasteiger partial charge in [0.05, 0.1) is 6.04 Å². The number of rotatable bonds is 0. The number of carbonyl (C=O) groups excluding carboxylic acids is 1. The molecule has 3 heteroatoms. The third-order valence-corrected chi connectivity index (χ3v) is 2.24. The van der Waals surface area contributed by atoms with Crippen LogP contribution >= 0.6 is 0 Å². The van der Waals surface area contributed by atoms with Gasteiger partial charge in [0.2, 0.25) is 0 Å². The predicted octanol–water partition coefficient (Wildman–Crippen LogP) is -0.0344. The number of hydrogen-bond donors (Lipinski definition) is 1. The zero-order valence-electron chi connectivity index (χ0n) is 5.71. The molecule has 1 saturated heterocycles. The van der Waals surface area contributed by atoms with Crippen molar-refractivity contribution < 1.29 is 4.79 Å². The van der Waals surface area contributed by atoms with Crippen molar-refractivity contribution in [1.82, 2.24) is 5.32 Å². The highest BCUT2D eigenvalue weighted by atomic mass is 16.1. The van der Waals surface area contributed by atoms with Crippen LogP contribution in [0.15, 0.2) is 4.99 Å². The minimum absolute atomic E-state index is 0.0220. The number of nitrogens with zero attached hydrogens (tertiary/aromatic N) is 1. The molecule has 2 atom stereocenters. The molecule has 1 fully saturated rings. The van der Waals surface area contributed by atoms with Crippen molar-refractivity contribution in [2.75, 3.05) is 6.54 Å². The Morgan fingerprint density at radius 3 is 3.40 bits per heavy atom. The topological polar surface area (TPSA) is 41.5 Å². The highest BCUT2D eigenvalue weighted by Crippen LogP contribution is 2.21. The van der Waals surface area contributed by atoms with E-state index >= 15 is 0 Å². The molecule has 0 bridgehead atoms. The Morgan fingerprint density at radius 2 is 2.60 bits per heavy atom. The number of nitrogens with one attached hydrogen (secondary N) is 1. The Balaban J connectivity index is 2.20. The van der Waals surface area contributed by atoms with E-state index in [0.717, 1.165) is 19.4 Å². The van der Waals surface area contributed by atoms with Crippen LogP contribution in [0.4, 0.5) is 0 Å². The maximum Gasteiger partial charge on any atom is 0.262 e. The van der Waals surface area contributed by atoms with Crippen molar-refractivity contribution in [1.29, 1.82) is 0 Å². The molecule has 2 heterocycles. The summed E-state index contributed by atoms with van der Waals surface area (Å²) in [6.45, 7) is 0.977. The zero-order valence-corrected chi connectivity index (χ0v) is 5.71. The second-order valence-electron chi connectivity index (χ2n) is 2.87. The van der Waals surface area contributed by atoms with Gasteiger partial charge in [0.15, 0.2) is 0 Å². The zero-order chi connectivity index (χ0) is 6.97. The summed E-state index contributed by atoms with van der Waals surface area (Å²) in [4.78, 5) is 14.8. The van der Waals surface area contributed by atoms with Gasteiger partial charge < -0.3 is 5.32 Å². The molecule has 3 nitrogen and oxygen atoms in total. The highest BCUT2D eigenvalue weighted by molar-refractivity contribution is 5.92. The Morgan fingerprint density at radius 1 is 1.70 bits per heavy atom. The third kappa shape index (κ3) is 0.778. The van der Waals surface area contributed by atoms with Gasteiger partial charge in [0.25, 0.3) is 5.91 Å². The summed E-state index contributed by atoms with van der Waals surface area (Å²) < 4.78 is 0. The SMILES string of the molecule is O=C1N=CCC2CCNC12. The smallest absolute Gasteiger partial charge is 0.262 e. The second-order valence-corrected chi connectivity index (χ2v) is 2.87. The van der Waals surface area contributed by atoms with E-state index in [2.05, 4.69) is 10.3 Å². The first-order valence-corrected chi connectivity index (χ1v) is 3.67. The number of fused-ring (bicyclic) bond motifs is 1. The van der Waals surface area contributed by atoms with Gasteiger partial charge in [-0.15, -0.1) is 0 Å². The molecule has 1 amide bonds. The average molecular weight is 138 g/mol. The van der Waals surface area contributed by atoms with Crippen LogP contribution < -0.4 is 5.32 Å². The first kappa shape index (κ1) is 6.04. The minimum atomic E-state index is 0.0220. The quantitative estimate of drug-likeness (QED) is 0.510. The van der Waals surface area contributed by atoms with E-state index in [-0.39, 0.29) is 11.9 Å². The first-order chi connectivity index (χ1) is 4.88. The fraction of sp³-hybridized carbons (Fsp3) is 0.714. The van der Waals surface area contributed by atoms with Crippen molar-refractivity contribution in [2.24, 2.45) is 10.9 Å². The lowest BCUT2D eigenvalue weighted by atomic mass is 9.95. The number of amides is 1. The lowest BCUT2D eigenvalue weighted by Gasteiger charge is -2.17. The van der Waals surface area contributed by atoms with E-state index in [0.29, 0.717) is 5.92 Å². The fourth-order valence-corrected chi connectivity index (χ4v) is 1.66. The molecule has 2 unspecified atom stereocenters. The van der Waals surface area contributed by atoms with Gasteiger partial charge in [-0.1, -0.05) is 0 Å². The van der Waals surface area contributed by atoms with Gasteiger partial charge in [-0.25, -0.2) is 4.99 Å². The summed E-state index contributed by atoms with van der Waals surface area (Å²) in [6, 6.07) is 0.0463. The van der Waals surface area contributed by atoms with Gasteiger partial charge in [0, 0.05) is 6.21 Å². The Labute approximate surface area is 59.5 Å². The van der Waals surface area contributed by atoms with Crippen LogP contribution in [0.25, 0.3) is 0 Å². The summed E-state index contributed by atoms with van der Waals surface area (Å²) in [5, 5.41) is 3.14. The van der Waals surface area contributed by atoms with E-state index < -0.39 is 0 Å². The van der Waals surface area contributed by atoms with Gasteiger partial charge in [-0.05, 0) is 25.3 Å². The molecule has 10 heavy (non-hydrogen) atoms. The summed E-state index contributed by atoms with van der Waals surface area (Å²) in [6.07, 6.45) is 3.85. The van der Waals surface area contributed by atoms with Gasteiger partial charge in [-0.2, -0.15) is 0 Å². The summed E-state index contributed by atoms with van der Waals surface area (Å²) in [5.41, 5.74) is 0. The first-order valence-electron chi connectivity index (χ1n) is 3.67. The summed E-state index contributed by atoms with van der Waals surface area (Å²) in [5.74, 6) is 0.554. The molecule has 0 aliphatic carbocycles. The number of hydrogen-bond acceptors (Lipinski definition) is 2. The van der Waals surface area contributed by atoms with Crippen LogP contribution in [-0.2, 0) is 4.79 Å². The maximum absolute atomic E-state index is 11.0. The van der Waals surface area contributed by atoms with E-state index in [1.54, 1.807) is 6.21 Å². The molecule has 2 aliphatic rings. The highest BCUT2D eigenvalue weighted by Gasteiger charge is 2.33. The number of aliphatic imine (C=N–C) groups is 1. The second kappa shape index (κ2) is 2.16. The molecule has 0 aromatic heterocycles. The summed E-state index contributed by atoms with van der Waals surface area (Å²) in [7, 11) is 0. The molecule has 0 aromatic rings. The van der Waals surface area contributed by atoms with Crippen LogP contribution in [0.2, 0.25) is 0 Å². The largest absolute Gasteiger partial charge is 0.306 e. The molecule has 2 rings (SSSR count). The van der Waals surface area contributed by atoms with Gasteiger partial charge in [-0.3, -0.25) is 4.79 Å². The van der Waals surface area contributed by atoms with Crippen LogP contribution in [0.5, 0.6) is 0 Å². The van der Waals surface area contributed by atoms with Crippen LogP contribution in [-0.4, -0.2) is 24.7 Å². The van der Waals surface area contributed by atoms with Crippen molar-refractivity contribution >= 4 is 12.1 Å². The fourth-order valence-electron chi connectivity index (χ4n) is 1.66. The van der Waals surface area contributed by atoms with Crippen molar-refractivity contribution in [3.05, 3.63) is 0 Å². The average Bonchev–Trinajstić information content (AvgIpc) is 2.36. The van der Waals surface area contributed by atoms with Gasteiger partial charge >= 0.3 is 0 Å². The molecule has 2 aliphatic heterocycles. The van der Waals surface area contributed by atoms with Gasteiger partial charge in [0.1, 0.15) is 0 Å². The Bertz CT molecular complexity index is 188. The molecule has 0 spiro atoms. The molecule has 54 valence electrons. The molecular formula is C7H10N2O. The van der Waals surface area contributed by atoms with Crippen molar-refractivity contribution in [2.45, 2.75) is 18.9 Å². The lowest BCUT2D eigenvalue weighted by molar-refractivity contribution is -0.120. The molecule has 1 N–H and O–H groups in total. The molecule has 0 radical (unpaired) electrons. The molecular weight excluding hydrogens is 128 g/mol. The Hall–Kier alpha value is -0.700. The van der Waals surface area contributed by atoms with E-state index in [1.807, 2.05) is 0 Å². The molecule has 0 aromatic carbocycles. The third-order valence-electron chi connectivity index (χ3n) is 2.24. The summed E-state index contributed by atoms with van der Waals surface area (Å²) >= 11 is 0. The van der Waals surface area contributed by atoms with Crippen molar-refractivity contribution in [3.63, 3.8) is 0 Å². The molecule has 0 saturated carbocycles.